The summed E-state index contributed by atoms with van der Waals surface area (Å²) in [6.07, 6.45) is 1.05. The van der Waals surface area contributed by atoms with Gasteiger partial charge in [0.05, 0.1) is 6.61 Å². The van der Waals surface area contributed by atoms with Gasteiger partial charge in [0.1, 0.15) is 10.7 Å². The number of hydrogen-bond donors (Lipinski definition) is 2. The summed E-state index contributed by atoms with van der Waals surface area (Å²) in [4.78, 5) is 19.2. The molecule has 1 aliphatic rings. The van der Waals surface area contributed by atoms with Gasteiger partial charge in [0, 0.05) is 26.2 Å². The Morgan fingerprint density at radius 3 is 2.95 bits per heavy atom. The largest absolute Gasteiger partial charge is 0.383 e. The van der Waals surface area contributed by atoms with Crippen LogP contribution in [0.25, 0.3) is 0 Å². The van der Waals surface area contributed by atoms with Crippen LogP contribution in [0.1, 0.15) is 29.9 Å². The smallest absolute Gasteiger partial charge is 0.268 e. The molecule has 7 heteroatoms. The second-order valence-corrected chi connectivity index (χ2v) is 6.30. The monoisotopic (exact) mass is 298 g/mol. The summed E-state index contributed by atoms with van der Waals surface area (Å²) in [5, 5.41) is 3.77. The molecule has 1 fully saturated rings. The molecule has 112 valence electrons. The molecule has 3 N–H and O–H groups in total. The third kappa shape index (κ3) is 3.21. The van der Waals surface area contributed by atoms with Gasteiger partial charge in [-0.25, -0.2) is 4.98 Å². The predicted octanol–water partition coefficient (Wildman–Crippen LogP) is 1.65. The Labute approximate surface area is 123 Å². The first-order valence-electron chi connectivity index (χ1n) is 6.83. The number of hydrogen-bond acceptors (Lipinski definition) is 6. The maximum absolute atomic E-state index is 12.5. The number of carbonyl (C=O) groups is 1. The molecule has 0 spiro atoms. The lowest BCUT2D eigenvalue weighted by Gasteiger charge is -2.20. The van der Waals surface area contributed by atoms with Gasteiger partial charge in [-0.15, -0.1) is 0 Å². The zero-order chi connectivity index (χ0) is 14.7. The number of thiazole rings is 1. The summed E-state index contributed by atoms with van der Waals surface area (Å²) in [6.45, 7) is 6.27. The van der Waals surface area contributed by atoms with Crippen molar-refractivity contribution in [3.8, 4) is 0 Å². The van der Waals surface area contributed by atoms with Gasteiger partial charge >= 0.3 is 0 Å². The highest BCUT2D eigenvalue weighted by Crippen LogP contribution is 2.30. The maximum Gasteiger partial charge on any atom is 0.268 e. The number of methoxy groups -OCH3 is 1. The molecule has 1 amide bonds. The maximum atomic E-state index is 12.5. The van der Waals surface area contributed by atoms with Crippen molar-refractivity contribution >= 4 is 28.2 Å². The van der Waals surface area contributed by atoms with Gasteiger partial charge in [0.2, 0.25) is 0 Å². The van der Waals surface area contributed by atoms with Gasteiger partial charge in [-0.05, 0) is 19.3 Å². The molecule has 20 heavy (non-hydrogen) atoms. The fourth-order valence-corrected chi connectivity index (χ4v) is 3.40. The zero-order valence-corrected chi connectivity index (χ0v) is 13.0. The molecule has 2 unspecified atom stereocenters. The Kier molecular flexibility index (Phi) is 4.82. The molecular weight excluding hydrogens is 276 g/mol. The van der Waals surface area contributed by atoms with E-state index in [-0.39, 0.29) is 11.9 Å². The minimum absolute atomic E-state index is 0.00311. The molecule has 6 nitrogen and oxygen atoms in total. The first-order chi connectivity index (χ1) is 9.52. The highest BCUT2D eigenvalue weighted by atomic mass is 32.1. The van der Waals surface area contributed by atoms with Gasteiger partial charge < -0.3 is 20.7 Å². The van der Waals surface area contributed by atoms with E-state index in [1.54, 1.807) is 7.11 Å². The number of carbonyl (C=O) groups excluding carboxylic acids is 1. The number of likely N-dealkylation sites (tertiary alicyclic amines) is 1. The second kappa shape index (κ2) is 6.41. The van der Waals surface area contributed by atoms with Crippen molar-refractivity contribution in [1.82, 2.24) is 9.88 Å². The van der Waals surface area contributed by atoms with Gasteiger partial charge in [-0.1, -0.05) is 18.3 Å². The van der Waals surface area contributed by atoms with Crippen molar-refractivity contribution in [2.75, 3.05) is 37.9 Å². The summed E-state index contributed by atoms with van der Waals surface area (Å²) in [6, 6.07) is 0.268. The van der Waals surface area contributed by atoms with Crippen LogP contribution in [0, 0.1) is 5.92 Å². The Bertz CT molecular complexity index is 477. The molecular formula is C13H22N4O2S. The van der Waals surface area contributed by atoms with Crippen LogP contribution in [-0.4, -0.2) is 48.6 Å². The van der Waals surface area contributed by atoms with E-state index in [1.165, 1.54) is 11.3 Å². The van der Waals surface area contributed by atoms with Crippen molar-refractivity contribution in [1.29, 1.82) is 0 Å². The van der Waals surface area contributed by atoms with E-state index in [0.29, 0.717) is 34.9 Å². The Morgan fingerprint density at radius 1 is 1.60 bits per heavy atom. The standard InChI is InChI=1S/C13H22N4O2S/c1-8-6-9(2)17(7-8)12(18)10-11(14)16-13(20-10)15-4-5-19-3/h8-9H,4-7,14H2,1-3H3,(H,15,16). The lowest BCUT2D eigenvalue weighted by Crippen LogP contribution is -2.33. The summed E-state index contributed by atoms with van der Waals surface area (Å²) >= 11 is 1.31. The van der Waals surface area contributed by atoms with Crippen molar-refractivity contribution in [2.24, 2.45) is 5.92 Å². The molecule has 2 rings (SSSR count). The zero-order valence-electron chi connectivity index (χ0n) is 12.2. The van der Waals surface area contributed by atoms with Crippen LogP contribution in [0.2, 0.25) is 0 Å². The first-order valence-corrected chi connectivity index (χ1v) is 7.64. The lowest BCUT2D eigenvalue weighted by atomic mass is 10.1. The quantitative estimate of drug-likeness (QED) is 0.808. The second-order valence-electron chi connectivity index (χ2n) is 5.30. The van der Waals surface area contributed by atoms with Gasteiger partial charge in [-0.2, -0.15) is 0 Å². The summed E-state index contributed by atoms with van der Waals surface area (Å²) in [5.41, 5.74) is 5.87. The number of nitrogen functional groups attached to an aromatic ring is 1. The predicted molar refractivity (Wildman–Crippen MR) is 81.2 cm³/mol. The first kappa shape index (κ1) is 15.1. The minimum atomic E-state index is -0.00311. The molecule has 0 saturated carbocycles. The molecule has 1 aliphatic heterocycles. The van der Waals surface area contributed by atoms with Crippen molar-refractivity contribution in [3.63, 3.8) is 0 Å². The molecule has 0 aromatic carbocycles. The van der Waals surface area contributed by atoms with Crippen molar-refractivity contribution in [3.05, 3.63) is 4.88 Å². The van der Waals surface area contributed by atoms with Crippen LogP contribution in [0.5, 0.6) is 0 Å². The van der Waals surface area contributed by atoms with E-state index in [9.17, 15) is 4.79 Å². The number of nitrogens with one attached hydrogen (secondary N) is 1. The van der Waals surface area contributed by atoms with Crippen LogP contribution in [0.15, 0.2) is 0 Å². The summed E-state index contributed by atoms with van der Waals surface area (Å²) in [5.74, 6) is 0.853. The fraction of sp³-hybridized carbons (Fsp3) is 0.692. The van der Waals surface area contributed by atoms with Gasteiger partial charge in [0.15, 0.2) is 5.13 Å². The third-order valence-corrected chi connectivity index (χ3v) is 4.49. The Morgan fingerprint density at radius 2 is 2.35 bits per heavy atom. The van der Waals surface area contributed by atoms with E-state index in [2.05, 4.69) is 24.1 Å². The summed E-state index contributed by atoms with van der Waals surface area (Å²) in [7, 11) is 1.64. The summed E-state index contributed by atoms with van der Waals surface area (Å²) < 4.78 is 4.96. The number of nitrogens with zero attached hydrogens (tertiary/aromatic N) is 2. The molecule has 1 aromatic rings. The van der Waals surface area contributed by atoms with Gasteiger partial charge in [-0.3, -0.25) is 4.79 Å². The molecule has 0 bridgehead atoms. The van der Waals surface area contributed by atoms with Crippen molar-refractivity contribution < 1.29 is 9.53 Å². The number of nitrogens with two attached hydrogens (primary N) is 1. The van der Waals surface area contributed by atoms with Crippen LogP contribution in [0.3, 0.4) is 0 Å². The average Bonchev–Trinajstić information content (AvgIpc) is 2.92. The average molecular weight is 298 g/mol. The number of ether oxygens (including phenoxy) is 1. The topological polar surface area (TPSA) is 80.5 Å². The van der Waals surface area contributed by atoms with E-state index in [0.717, 1.165) is 13.0 Å². The number of amides is 1. The molecule has 0 radical (unpaired) electrons. The molecule has 1 aromatic heterocycles. The third-order valence-electron chi connectivity index (χ3n) is 3.47. The lowest BCUT2D eigenvalue weighted by molar-refractivity contribution is 0.0749. The highest BCUT2D eigenvalue weighted by Gasteiger charge is 2.32. The van der Waals surface area contributed by atoms with E-state index in [4.69, 9.17) is 10.5 Å². The van der Waals surface area contributed by atoms with E-state index in [1.807, 2.05) is 4.90 Å². The Balaban J connectivity index is 2.06. The van der Waals surface area contributed by atoms with Crippen LogP contribution >= 0.6 is 11.3 Å². The van der Waals surface area contributed by atoms with E-state index >= 15 is 0 Å². The minimum Gasteiger partial charge on any atom is -0.383 e. The molecule has 0 aliphatic carbocycles. The molecule has 2 heterocycles. The van der Waals surface area contributed by atoms with Crippen LogP contribution in [-0.2, 0) is 4.74 Å². The van der Waals surface area contributed by atoms with Gasteiger partial charge in [0.25, 0.3) is 5.91 Å². The molecule has 1 saturated heterocycles. The SMILES string of the molecule is COCCNc1nc(N)c(C(=O)N2CC(C)CC2C)s1. The van der Waals surface area contributed by atoms with Crippen LogP contribution < -0.4 is 11.1 Å². The number of anilines is 2. The Hall–Kier alpha value is -1.34. The normalized spacial score (nSPS) is 22.2. The number of aromatic nitrogens is 1. The highest BCUT2D eigenvalue weighted by molar-refractivity contribution is 7.18. The number of rotatable bonds is 5. The van der Waals surface area contributed by atoms with Crippen molar-refractivity contribution in [2.45, 2.75) is 26.3 Å². The molecule has 2 atom stereocenters. The van der Waals surface area contributed by atoms with E-state index < -0.39 is 0 Å². The van der Waals surface area contributed by atoms with Crippen LogP contribution in [0.4, 0.5) is 10.9 Å². The fourth-order valence-electron chi connectivity index (χ4n) is 2.53.